The Kier molecular flexibility index (Phi) is 7.52. The summed E-state index contributed by atoms with van der Waals surface area (Å²) in [4.78, 5) is 14.2. The second kappa shape index (κ2) is 9.68. The molecule has 2 aromatic carbocycles. The Bertz CT molecular complexity index is 1010. The van der Waals surface area contributed by atoms with Gasteiger partial charge in [0, 0.05) is 38.6 Å². The highest BCUT2D eigenvalue weighted by atomic mass is 32.2. The van der Waals surface area contributed by atoms with Gasteiger partial charge in [0.1, 0.15) is 10.6 Å². The first-order chi connectivity index (χ1) is 14.1. The molecular weight excluding hydrogens is 410 g/mol. The molecule has 0 saturated heterocycles. The van der Waals surface area contributed by atoms with Crippen molar-refractivity contribution in [2.45, 2.75) is 4.90 Å². The molecule has 0 aliphatic rings. The molecule has 0 saturated carbocycles. The molecule has 2 rings (SSSR count). The number of benzene rings is 2. The van der Waals surface area contributed by atoms with Crippen LogP contribution in [0.1, 0.15) is 0 Å². The van der Waals surface area contributed by atoms with E-state index in [9.17, 15) is 13.2 Å². The Hall–Kier alpha value is -2.98. The van der Waals surface area contributed by atoms with Crippen LogP contribution in [0, 0.1) is 0 Å². The molecule has 1 N–H and O–H groups in total. The molecule has 30 heavy (non-hydrogen) atoms. The van der Waals surface area contributed by atoms with Crippen LogP contribution >= 0.6 is 0 Å². The van der Waals surface area contributed by atoms with Crippen molar-refractivity contribution in [2.75, 3.05) is 59.2 Å². The summed E-state index contributed by atoms with van der Waals surface area (Å²) in [6, 6.07) is 9.80. The van der Waals surface area contributed by atoms with E-state index in [2.05, 4.69) is 5.32 Å². The lowest BCUT2D eigenvalue weighted by Crippen LogP contribution is -2.30. The average Bonchev–Trinajstić information content (AvgIpc) is 2.72. The van der Waals surface area contributed by atoms with E-state index in [0.29, 0.717) is 17.2 Å². The van der Waals surface area contributed by atoms with Gasteiger partial charge in [0.25, 0.3) is 0 Å². The number of methoxy groups -OCH3 is 3. The smallest absolute Gasteiger partial charge is 0.246 e. The summed E-state index contributed by atoms with van der Waals surface area (Å²) < 4.78 is 41.8. The minimum atomic E-state index is -3.74. The maximum Gasteiger partial charge on any atom is 0.246 e. The number of nitrogens with zero attached hydrogens (tertiary/aromatic N) is 2. The molecule has 10 heteroatoms. The quantitative estimate of drug-likeness (QED) is 0.641. The number of hydrogen-bond donors (Lipinski definition) is 1. The van der Waals surface area contributed by atoms with E-state index in [4.69, 9.17) is 14.2 Å². The number of anilines is 2. The Morgan fingerprint density at radius 3 is 2.07 bits per heavy atom. The molecule has 2 aromatic rings. The summed E-state index contributed by atoms with van der Waals surface area (Å²) in [6.07, 6.45) is 0. The first kappa shape index (κ1) is 23.3. The van der Waals surface area contributed by atoms with Crippen LogP contribution < -0.4 is 24.4 Å². The van der Waals surface area contributed by atoms with E-state index >= 15 is 0 Å². The molecule has 0 aromatic heterocycles. The highest BCUT2D eigenvalue weighted by Gasteiger charge is 2.23. The largest absolute Gasteiger partial charge is 0.495 e. The number of ether oxygens (including phenoxy) is 3. The normalized spacial score (nSPS) is 11.2. The van der Waals surface area contributed by atoms with Crippen LogP contribution in [0.15, 0.2) is 41.3 Å². The highest BCUT2D eigenvalue weighted by molar-refractivity contribution is 7.89. The summed E-state index contributed by atoms with van der Waals surface area (Å²) in [5.74, 6) is 1.03. The van der Waals surface area contributed by atoms with Crippen LogP contribution in [0.25, 0.3) is 0 Å². The van der Waals surface area contributed by atoms with Crippen LogP contribution in [-0.4, -0.2) is 67.6 Å². The molecule has 0 aliphatic heterocycles. The number of likely N-dealkylation sites (N-methyl/N-ethyl adjacent to an activating group) is 1. The Morgan fingerprint density at radius 1 is 0.900 bits per heavy atom. The fourth-order valence-electron chi connectivity index (χ4n) is 2.72. The zero-order chi connectivity index (χ0) is 22.5. The predicted octanol–water partition coefficient (Wildman–Crippen LogP) is 2.04. The van der Waals surface area contributed by atoms with Crippen molar-refractivity contribution >= 4 is 27.3 Å². The van der Waals surface area contributed by atoms with E-state index in [1.165, 1.54) is 40.4 Å². The Labute approximate surface area is 177 Å². The van der Waals surface area contributed by atoms with Gasteiger partial charge in [-0.1, -0.05) is 0 Å². The third-order valence-corrected chi connectivity index (χ3v) is 6.23. The van der Waals surface area contributed by atoms with Crippen molar-refractivity contribution in [2.24, 2.45) is 0 Å². The molecule has 0 heterocycles. The topological polar surface area (TPSA) is 97.4 Å². The van der Waals surface area contributed by atoms with Gasteiger partial charge in [0.15, 0.2) is 11.5 Å². The van der Waals surface area contributed by atoms with E-state index in [-0.39, 0.29) is 23.1 Å². The molecule has 0 spiro atoms. The van der Waals surface area contributed by atoms with Crippen molar-refractivity contribution in [1.29, 1.82) is 0 Å². The molecule has 164 valence electrons. The second-order valence-corrected chi connectivity index (χ2v) is 8.72. The van der Waals surface area contributed by atoms with Gasteiger partial charge in [-0.05, 0) is 30.3 Å². The first-order valence-corrected chi connectivity index (χ1v) is 10.4. The van der Waals surface area contributed by atoms with Crippen molar-refractivity contribution in [3.05, 3.63) is 36.4 Å². The SMILES string of the molecule is COc1ccc(N(C)CC(=O)Nc2ccc(OC)c(S(=O)(=O)N(C)C)c2)cc1OC. The van der Waals surface area contributed by atoms with Gasteiger partial charge in [-0.25, -0.2) is 12.7 Å². The lowest BCUT2D eigenvalue weighted by atomic mass is 10.2. The lowest BCUT2D eigenvalue weighted by molar-refractivity contribution is -0.114. The predicted molar refractivity (Wildman–Crippen MR) is 115 cm³/mol. The molecule has 0 atom stereocenters. The van der Waals surface area contributed by atoms with Gasteiger partial charge in [0.05, 0.1) is 27.9 Å². The van der Waals surface area contributed by atoms with Gasteiger partial charge in [0.2, 0.25) is 15.9 Å². The van der Waals surface area contributed by atoms with Gasteiger partial charge in [-0.3, -0.25) is 4.79 Å². The summed E-state index contributed by atoms with van der Waals surface area (Å²) in [6.45, 7) is 0.0390. The molecule has 9 nitrogen and oxygen atoms in total. The van der Waals surface area contributed by atoms with Gasteiger partial charge < -0.3 is 24.4 Å². The zero-order valence-corrected chi connectivity index (χ0v) is 18.7. The van der Waals surface area contributed by atoms with Gasteiger partial charge >= 0.3 is 0 Å². The molecule has 0 aliphatic carbocycles. The van der Waals surface area contributed by atoms with E-state index in [0.717, 1.165) is 9.99 Å². The Morgan fingerprint density at radius 2 is 1.50 bits per heavy atom. The van der Waals surface area contributed by atoms with Crippen LogP contribution in [0.2, 0.25) is 0 Å². The summed E-state index contributed by atoms with van der Waals surface area (Å²) in [5.41, 5.74) is 1.11. The van der Waals surface area contributed by atoms with E-state index < -0.39 is 10.0 Å². The number of nitrogens with one attached hydrogen (secondary N) is 1. The monoisotopic (exact) mass is 437 g/mol. The Balaban J connectivity index is 2.18. The van der Waals surface area contributed by atoms with Crippen LogP contribution in [0.5, 0.6) is 17.2 Å². The fraction of sp³-hybridized carbons (Fsp3) is 0.350. The summed E-state index contributed by atoms with van der Waals surface area (Å²) in [5, 5.41) is 2.72. The molecule has 0 unspecified atom stereocenters. The van der Waals surface area contributed by atoms with Gasteiger partial charge in [-0.15, -0.1) is 0 Å². The molecular formula is C20H27N3O6S. The first-order valence-electron chi connectivity index (χ1n) is 8.97. The third kappa shape index (κ3) is 5.14. The van der Waals surface area contributed by atoms with E-state index in [1.54, 1.807) is 37.3 Å². The number of hydrogen-bond acceptors (Lipinski definition) is 7. The molecule has 0 radical (unpaired) electrons. The fourth-order valence-corrected chi connectivity index (χ4v) is 3.80. The third-order valence-electron chi connectivity index (χ3n) is 4.39. The number of rotatable bonds is 9. The summed E-state index contributed by atoms with van der Waals surface area (Å²) in [7, 11) is 5.36. The van der Waals surface area contributed by atoms with Crippen molar-refractivity contribution in [3.63, 3.8) is 0 Å². The average molecular weight is 438 g/mol. The van der Waals surface area contributed by atoms with Crippen LogP contribution in [0.4, 0.5) is 11.4 Å². The second-order valence-electron chi connectivity index (χ2n) is 6.60. The molecule has 0 bridgehead atoms. The molecule has 0 fully saturated rings. The van der Waals surface area contributed by atoms with Crippen LogP contribution in [-0.2, 0) is 14.8 Å². The van der Waals surface area contributed by atoms with Crippen molar-refractivity contribution < 1.29 is 27.4 Å². The number of amides is 1. The van der Waals surface area contributed by atoms with E-state index in [1.807, 2.05) is 6.07 Å². The maximum atomic E-state index is 12.5. The van der Waals surface area contributed by atoms with Crippen molar-refractivity contribution in [3.8, 4) is 17.2 Å². The standard InChI is InChI=1S/C20H27N3O6S/c1-22(2)30(25,26)19-11-14(7-9-17(19)28-5)21-20(24)13-23(3)15-8-10-16(27-4)18(12-15)29-6/h7-12H,13H2,1-6H3,(H,21,24). The molecule has 1 amide bonds. The minimum Gasteiger partial charge on any atom is -0.495 e. The van der Waals surface area contributed by atoms with Crippen molar-refractivity contribution in [1.82, 2.24) is 4.31 Å². The number of sulfonamides is 1. The maximum absolute atomic E-state index is 12.5. The number of carbonyl (C=O) groups is 1. The minimum absolute atomic E-state index is 0.0268. The highest BCUT2D eigenvalue weighted by Crippen LogP contribution is 2.31. The summed E-state index contributed by atoms with van der Waals surface area (Å²) >= 11 is 0. The number of carbonyl (C=O) groups excluding carboxylic acids is 1. The lowest BCUT2D eigenvalue weighted by Gasteiger charge is -2.20. The van der Waals surface area contributed by atoms with Gasteiger partial charge in [-0.2, -0.15) is 0 Å². The van der Waals surface area contributed by atoms with Crippen LogP contribution in [0.3, 0.4) is 0 Å². The zero-order valence-electron chi connectivity index (χ0n) is 17.9.